The van der Waals surface area contributed by atoms with Crippen molar-refractivity contribution in [2.45, 2.75) is 44.3 Å². The van der Waals surface area contributed by atoms with Crippen LogP contribution in [0.15, 0.2) is 91.3 Å². The molecule has 1 atom stereocenters. The van der Waals surface area contributed by atoms with Crippen molar-refractivity contribution in [3.63, 3.8) is 0 Å². The molecule has 7 rings (SSSR count). The molecule has 1 fully saturated rings. The number of piperidine rings is 1. The average Bonchev–Trinajstić information content (AvgIpc) is 3.85. The molecular weight excluding hydrogens is 635 g/mol. The molecule has 4 heterocycles. The molecule has 49 heavy (non-hydrogen) atoms. The number of nitrogens with zero attached hydrogens (tertiary/aromatic N) is 3. The number of aromatic amines is 2. The molecule has 1 saturated heterocycles. The van der Waals surface area contributed by atoms with Gasteiger partial charge < -0.3 is 25.7 Å². The maximum atomic E-state index is 13.6. The van der Waals surface area contributed by atoms with E-state index in [0.29, 0.717) is 12.8 Å². The molecule has 254 valence electrons. The van der Waals surface area contributed by atoms with Crippen LogP contribution in [0.4, 0.5) is 13.2 Å². The number of amides is 1. The Morgan fingerprint density at radius 1 is 0.837 bits per heavy atom. The van der Waals surface area contributed by atoms with Crippen LogP contribution in [0.25, 0.3) is 27.5 Å². The topological polar surface area (TPSA) is 141 Å². The lowest BCUT2D eigenvalue weighted by atomic mass is 9.96. The molecule has 0 unspecified atom stereocenters. The van der Waals surface area contributed by atoms with Crippen LogP contribution < -0.4 is 10.6 Å². The number of hydrogen-bond donors (Lipinski definition) is 5. The van der Waals surface area contributed by atoms with E-state index in [4.69, 9.17) is 20.1 Å². The molecule has 0 bridgehead atoms. The molecule has 13 heteroatoms. The normalized spacial score (nSPS) is 14.3. The van der Waals surface area contributed by atoms with Gasteiger partial charge >= 0.3 is 12.1 Å². The fourth-order valence-corrected chi connectivity index (χ4v) is 6.26. The average molecular weight is 672 g/mol. The van der Waals surface area contributed by atoms with Crippen LogP contribution in [-0.2, 0) is 28.9 Å². The minimum absolute atomic E-state index is 0.00819. The van der Waals surface area contributed by atoms with E-state index in [-0.39, 0.29) is 17.9 Å². The Hall–Kier alpha value is -5.43. The molecule has 0 radical (unpaired) electrons. The van der Waals surface area contributed by atoms with Crippen molar-refractivity contribution < 1.29 is 27.9 Å². The molecule has 6 aromatic rings. The Morgan fingerprint density at radius 2 is 1.41 bits per heavy atom. The third-order valence-corrected chi connectivity index (χ3v) is 8.74. The molecule has 0 saturated carbocycles. The zero-order chi connectivity index (χ0) is 34.4. The van der Waals surface area contributed by atoms with Gasteiger partial charge in [0.15, 0.2) is 5.82 Å². The Kier molecular flexibility index (Phi) is 10.1. The highest BCUT2D eigenvalue weighted by Crippen LogP contribution is 2.28. The zero-order valence-corrected chi connectivity index (χ0v) is 26.5. The third kappa shape index (κ3) is 7.83. The van der Waals surface area contributed by atoms with Crippen LogP contribution in [0.1, 0.15) is 41.7 Å². The second-order valence-electron chi connectivity index (χ2n) is 12.0. The number of fused-ring (bicyclic) bond motifs is 2. The summed E-state index contributed by atoms with van der Waals surface area (Å²) in [7, 11) is 0. The number of alkyl halides is 3. The minimum atomic E-state index is -5.08. The number of nitrogens with one attached hydrogen (secondary N) is 4. The largest absolute Gasteiger partial charge is 0.490 e. The summed E-state index contributed by atoms with van der Waals surface area (Å²) in [4.78, 5) is 29.3. The number of rotatable bonds is 9. The lowest BCUT2D eigenvalue weighted by Gasteiger charge is -2.25. The maximum Gasteiger partial charge on any atom is 0.490 e. The minimum Gasteiger partial charge on any atom is -0.475 e. The number of carbonyl (C=O) groups is 2. The van der Waals surface area contributed by atoms with Crippen molar-refractivity contribution in [2.75, 3.05) is 13.1 Å². The first-order chi connectivity index (χ1) is 23.7. The van der Waals surface area contributed by atoms with Gasteiger partial charge in [0.2, 0.25) is 5.91 Å². The fourth-order valence-electron chi connectivity index (χ4n) is 6.26. The predicted octanol–water partition coefficient (Wildman–Crippen LogP) is 6.05. The molecule has 1 amide bonds. The number of para-hydroxylation sites is 3. The summed E-state index contributed by atoms with van der Waals surface area (Å²) < 4.78 is 33.9. The monoisotopic (exact) mass is 671 g/mol. The van der Waals surface area contributed by atoms with Gasteiger partial charge in [-0.05, 0) is 67.7 Å². The molecule has 0 aliphatic carbocycles. The second kappa shape index (κ2) is 14.8. The van der Waals surface area contributed by atoms with Gasteiger partial charge in [-0.15, -0.1) is 10.2 Å². The first kappa shape index (κ1) is 33.5. The molecule has 5 N–H and O–H groups in total. The highest BCUT2D eigenvalue weighted by molar-refractivity contribution is 5.84. The van der Waals surface area contributed by atoms with E-state index in [1.165, 1.54) is 10.9 Å². The quantitative estimate of drug-likeness (QED) is 0.127. The van der Waals surface area contributed by atoms with Gasteiger partial charge in [0.05, 0.1) is 6.04 Å². The van der Waals surface area contributed by atoms with Gasteiger partial charge in [0.25, 0.3) is 0 Å². The van der Waals surface area contributed by atoms with Crippen LogP contribution in [0.2, 0.25) is 0 Å². The highest BCUT2D eigenvalue weighted by Gasteiger charge is 2.38. The Balaban J connectivity index is 0.000000540. The first-order valence-corrected chi connectivity index (χ1v) is 16.1. The van der Waals surface area contributed by atoms with Gasteiger partial charge in [-0.2, -0.15) is 13.2 Å². The SMILES string of the molecule is O=C(N[C@H](Cc1c[nH]c2ccccc12)c1nnc(CCc2c[nH]c3ccccc23)n1-c1ccccc1)C1CCNCC1.O=C(O)C(F)(F)F. The maximum absolute atomic E-state index is 13.6. The lowest BCUT2D eigenvalue weighted by molar-refractivity contribution is -0.192. The number of carboxylic acids is 1. The van der Waals surface area contributed by atoms with Crippen LogP contribution in [0, 0.1) is 5.92 Å². The van der Waals surface area contributed by atoms with Crippen molar-refractivity contribution >= 4 is 33.7 Å². The van der Waals surface area contributed by atoms with Gasteiger partial charge in [-0.3, -0.25) is 9.36 Å². The van der Waals surface area contributed by atoms with Crippen molar-refractivity contribution in [1.29, 1.82) is 0 Å². The summed E-state index contributed by atoms with van der Waals surface area (Å²) in [6, 6.07) is 26.6. The van der Waals surface area contributed by atoms with Crippen molar-refractivity contribution in [1.82, 2.24) is 35.4 Å². The Bertz CT molecular complexity index is 2030. The Labute approximate surface area is 279 Å². The number of halogens is 3. The van der Waals surface area contributed by atoms with E-state index < -0.39 is 12.1 Å². The zero-order valence-electron chi connectivity index (χ0n) is 26.5. The van der Waals surface area contributed by atoms with Crippen LogP contribution in [0.3, 0.4) is 0 Å². The fraction of sp³-hybridized carbons (Fsp3) is 0.278. The summed E-state index contributed by atoms with van der Waals surface area (Å²) in [5, 5.41) is 25.8. The Morgan fingerprint density at radius 3 is 2.04 bits per heavy atom. The lowest BCUT2D eigenvalue weighted by Crippen LogP contribution is -2.40. The van der Waals surface area contributed by atoms with Crippen molar-refractivity contribution in [2.24, 2.45) is 5.92 Å². The summed E-state index contributed by atoms with van der Waals surface area (Å²) in [6.45, 7) is 1.73. The van der Waals surface area contributed by atoms with Crippen molar-refractivity contribution in [3.8, 4) is 5.69 Å². The number of hydrogen-bond acceptors (Lipinski definition) is 5. The number of aromatic nitrogens is 5. The number of aliphatic carboxylic acids is 1. The summed E-state index contributed by atoms with van der Waals surface area (Å²) in [5.74, 6) is -1.05. The molecule has 1 aliphatic rings. The van der Waals surface area contributed by atoms with Gasteiger partial charge in [-0.25, -0.2) is 4.79 Å². The van der Waals surface area contributed by atoms with E-state index >= 15 is 0 Å². The van der Waals surface area contributed by atoms with E-state index in [0.717, 1.165) is 71.7 Å². The van der Waals surface area contributed by atoms with E-state index in [1.54, 1.807) is 0 Å². The number of carbonyl (C=O) groups excluding carboxylic acids is 1. The number of benzene rings is 3. The summed E-state index contributed by atoms with van der Waals surface area (Å²) in [6.07, 6.45) is 2.88. The smallest absolute Gasteiger partial charge is 0.475 e. The van der Waals surface area contributed by atoms with E-state index in [1.807, 2.05) is 30.3 Å². The van der Waals surface area contributed by atoms with Crippen LogP contribution >= 0.6 is 0 Å². The second-order valence-corrected chi connectivity index (χ2v) is 12.0. The van der Waals surface area contributed by atoms with Crippen LogP contribution in [-0.4, -0.2) is 61.0 Å². The molecule has 3 aromatic carbocycles. The first-order valence-electron chi connectivity index (χ1n) is 16.1. The molecule has 10 nitrogen and oxygen atoms in total. The third-order valence-electron chi connectivity index (χ3n) is 8.74. The predicted molar refractivity (Wildman–Crippen MR) is 179 cm³/mol. The molecule has 0 spiro atoms. The molecule has 3 aromatic heterocycles. The van der Waals surface area contributed by atoms with Crippen molar-refractivity contribution in [3.05, 3.63) is 114 Å². The van der Waals surface area contributed by atoms with Gasteiger partial charge in [-0.1, -0.05) is 54.6 Å². The van der Waals surface area contributed by atoms with E-state index in [9.17, 15) is 18.0 Å². The number of carboxylic acid groups (broad SMARTS) is 1. The van der Waals surface area contributed by atoms with E-state index in [2.05, 4.69) is 86.1 Å². The number of H-pyrrole nitrogens is 2. The molecular formula is C36H36F3N7O3. The summed E-state index contributed by atoms with van der Waals surface area (Å²) in [5.41, 5.74) is 5.61. The highest BCUT2D eigenvalue weighted by atomic mass is 19.4. The van der Waals surface area contributed by atoms with Crippen LogP contribution in [0.5, 0.6) is 0 Å². The van der Waals surface area contributed by atoms with Gasteiger partial charge in [0.1, 0.15) is 5.82 Å². The summed E-state index contributed by atoms with van der Waals surface area (Å²) >= 11 is 0. The standard InChI is InChI=1S/C34H35N7O.C2HF3O2/c42-34(23-16-18-35-19-17-23)38-31(20-25-22-37-30-13-7-5-11-28(25)30)33-40-39-32(41(33)26-8-2-1-3-9-26)15-14-24-21-36-29-12-6-4-10-27(24)29;3-2(4,5)1(6)7/h1-13,21-23,31,35-37H,14-20H2,(H,38,42);(H,6,7)/t31-;/m1./s1. The van der Waals surface area contributed by atoms with Gasteiger partial charge in [0, 0.05) is 58.6 Å². The number of aryl methyl sites for hydroxylation is 2. The molecule has 1 aliphatic heterocycles.